The average molecular weight is 420 g/mol. The summed E-state index contributed by atoms with van der Waals surface area (Å²) in [5.41, 5.74) is 0.435. The molecular formula is C16H13BrF3NO2S. The Morgan fingerprint density at radius 3 is 2.58 bits per heavy atom. The maximum atomic E-state index is 12.8. The van der Waals surface area contributed by atoms with Crippen molar-refractivity contribution in [3.05, 3.63) is 58.3 Å². The van der Waals surface area contributed by atoms with Crippen LogP contribution in [0, 0.1) is 5.82 Å². The van der Waals surface area contributed by atoms with Crippen LogP contribution in [0.1, 0.15) is 5.56 Å². The lowest BCUT2D eigenvalue weighted by Crippen LogP contribution is -2.25. The lowest BCUT2D eigenvalue weighted by Gasteiger charge is -2.12. The molecule has 0 aliphatic rings. The van der Waals surface area contributed by atoms with Gasteiger partial charge in [0.25, 0.3) is 0 Å². The van der Waals surface area contributed by atoms with E-state index in [-0.39, 0.29) is 29.8 Å². The second-order valence-corrected chi connectivity index (χ2v) is 6.61. The Balaban J connectivity index is 1.89. The minimum absolute atomic E-state index is 0.0136. The summed E-state index contributed by atoms with van der Waals surface area (Å²) in [5, 5.41) is 2.64. The number of hydrogen-bond acceptors (Lipinski definition) is 3. The van der Waals surface area contributed by atoms with Gasteiger partial charge >= 0.3 is 6.61 Å². The summed E-state index contributed by atoms with van der Waals surface area (Å²) in [7, 11) is 0. The van der Waals surface area contributed by atoms with Gasteiger partial charge in [0, 0.05) is 21.5 Å². The molecule has 2 rings (SSSR count). The molecule has 0 aliphatic heterocycles. The van der Waals surface area contributed by atoms with E-state index in [1.807, 2.05) is 0 Å². The highest BCUT2D eigenvalue weighted by molar-refractivity contribution is 9.10. The van der Waals surface area contributed by atoms with Crippen molar-refractivity contribution in [2.24, 2.45) is 0 Å². The predicted octanol–water partition coefficient (Wildman–Crippen LogP) is 4.60. The van der Waals surface area contributed by atoms with Crippen LogP contribution >= 0.6 is 27.7 Å². The molecule has 128 valence electrons. The molecule has 0 saturated heterocycles. The molecular weight excluding hydrogens is 407 g/mol. The van der Waals surface area contributed by atoms with Crippen LogP contribution in [0.2, 0.25) is 0 Å². The van der Waals surface area contributed by atoms with E-state index in [4.69, 9.17) is 0 Å². The zero-order valence-electron chi connectivity index (χ0n) is 12.3. The van der Waals surface area contributed by atoms with E-state index in [0.29, 0.717) is 10.0 Å². The molecule has 0 bridgehead atoms. The minimum Gasteiger partial charge on any atom is -0.434 e. The third kappa shape index (κ3) is 6.09. The molecule has 0 heterocycles. The van der Waals surface area contributed by atoms with E-state index in [2.05, 4.69) is 26.0 Å². The third-order valence-electron chi connectivity index (χ3n) is 2.90. The Morgan fingerprint density at radius 2 is 1.92 bits per heavy atom. The van der Waals surface area contributed by atoms with Gasteiger partial charge in [-0.25, -0.2) is 4.39 Å². The van der Waals surface area contributed by atoms with E-state index < -0.39 is 6.61 Å². The van der Waals surface area contributed by atoms with Crippen LogP contribution in [-0.4, -0.2) is 18.3 Å². The Bertz CT molecular complexity index is 698. The molecule has 0 saturated carbocycles. The van der Waals surface area contributed by atoms with E-state index in [0.717, 1.165) is 4.90 Å². The molecule has 0 spiro atoms. The molecule has 0 atom stereocenters. The number of amides is 1. The van der Waals surface area contributed by atoms with Crippen LogP contribution in [0.4, 0.5) is 13.2 Å². The standard InChI is InChI=1S/C16H13BrF3NO2S/c17-11-1-6-14(23-16(19)20)10(7-11)8-21-15(22)9-24-13-4-2-12(18)3-5-13/h1-7,16H,8-9H2,(H,21,22). The number of halogens is 4. The largest absolute Gasteiger partial charge is 0.434 e. The molecule has 2 aromatic rings. The Kier molecular flexibility index (Phi) is 6.99. The molecule has 0 aliphatic carbocycles. The lowest BCUT2D eigenvalue weighted by molar-refractivity contribution is -0.118. The lowest BCUT2D eigenvalue weighted by atomic mass is 10.2. The zero-order valence-corrected chi connectivity index (χ0v) is 14.7. The van der Waals surface area contributed by atoms with Crippen molar-refractivity contribution in [3.63, 3.8) is 0 Å². The first-order valence-corrected chi connectivity index (χ1v) is 8.60. The van der Waals surface area contributed by atoms with E-state index >= 15 is 0 Å². The Labute approximate surface area is 149 Å². The summed E-state index contributed by atoms with van der Waals surface area (Å²) in [6.07, 6.45) is 0. The fourth-order valence-electron chi connectivity index (χ4n) is 1.82. The third-order valence-corrected chi connectivity index (χ3v) is 4.40. The second-order valence-electron chi connectivity index (χ2n) is 4.65. The number of nitrogens with one attached hydrogen (secondary N) is 1. The monoisotopic (exact) mass is 419 g/mol. The van der Waals surface area contributed by atoms with Gasteiger partial charge in [-0.3, -0.25) is 4.79 Å². The highest BCUT2D eigenvalue weighted by Crippen LogP contribution is 2.25. The normalized spacial score (nSPS) is 10.7. The predicted molar refractivity (Wildman–Crippen MR) is 89.7 cm³/mol. The number of ether oxygens (including phenoxy) is 1. The maximum Gasteiger partial charge on any atom is 0.387 e. The molecule has 0 unspecified atom stereocenters. The Hall–Kier alpha value is -1.67. The first kappa shape index (κ1) is 18.7. The number of carbonyl (C=O) groups excluding carboxylic acids is 1. The fourth-order valence-corrected chi connectivity index (χ4v) is 2.96. The van der Waals surface area contributed by atoms with Crippen molar-refractivity contribution in [2.75, 3.05) is 5.75 Å². The van der Waals surface area contributed by atoms with Gasteiger partial charge in [-0.05, 0) is 42.5 Å². The number of rotatable bonds is 7. The quantitative estimate of drug-likeness (QED) is 0.666. The van der Waals surface area contributed by atoms with Crippen molar-refractivity contribution in [1.82, 2.24) is 5.32 Å². The summed E-state index contributed by atoms with van der Waals surface area (Å²) >= 11 is 4.50. The number of alkyl halides is 2. The van der Waals surface area contributed by atoms with Gasteiger partial charge in [0.05, 0.1) is 5.75 Å². The van der Waals surface area contributed by atoms with Crippen molar-refractivity contribution in [2.45, 2.75) is 18.1 Å². The Morgan fingerprint density at radius 1 is 1.21 bits per heavy atom. The minimum atomic E-state index is -2.94. The van der Waals surface area contributed by atoms with Gasteiger partial charge in [0.15, 0.2) is 0 Å². The maximum absolute atomic E-state index is 12.8. The number of benzene rings is 2. The van der Waals surface area contributed by atoms with E-state index in [1.165, 1.54) is 30.0 Å². The SMILES string of the molecule is O=C(CSc1ccc(F)cc1)NCc1cc(Br)ccc1OC(F)F. The summed E-state index contributed by atoms with van der Waals surface area (Å²) in [6.45, 7) is -2.88. The summed E-state index contributed by atoms with van der Waals surface area (Å²) in [6, 6.07) is 10.4. The van der Waals surface area contributed by atoms with Gasteiger partial charge in [-0.1, -0.05) is 15.9 Å². The van der Waals surface area contributed by atoms with Crippen LogP contribution in [0.15, 0.2) is 51.8 Å². The second kappa shape index (κ2) is 8.98. The molecule has 24 heavy (non-hydrogen) atoms. The number of carbonyl (C=O) groups is 1. The van der Waals surface area contributed by atoms with Crippen LogP contribution < -0.4 is 10.1 Å². The van der Waals surface area contributed by atoms with Crippen LogP contribution in [0.25, 0.3) is 0 Å². The topological polar surface area (TPSA) is 38.3 Å². The van der Waals surface area contributed by atoms with Gasteiger partial charge in [0.2, 0.25) is 5.91 Å². The van der Waals surface area contributed by atoms with Gasteiger partial charge < -0.3 is 10.1 Å². The van der Waals surface area contributed by atoms with Gasteiger partial charge in [-0.2, -0.15) is 8.78 Å². The first-order valence-electron chi connectivity index (χ1n) is 6.82. The molecule has 0 aromatic heterocycles. The fraction of sp³-hybridized carbons (Fsp3) is 0.188. The molecule has 8 heteroatoms. The van der Waals surface area contributed by atoms with Crippen molar-refractivity contribution < 1.29 is 22.7 Å². The molecule has 0 radical (unpaired) electrons. The van der Waals surface area contributed by atoms with Crippen LogP contribution in [0.5, 0.6) is 5.75 Å². The summed E-state index contributed by atoms with van der Waals surface area (Å²) in [5.74, 6) is -0.470. The number of hydrogen-bond donors (Lipinski definition) is 1. The summed E-state index contributed by atoms with van der Waals surface area (Å²) in [4.78, 5) is 12.6. The van der Waals surface area contributed by atoms with Gasteiger partial charge in [-0.15, -0.1) is 11.8 Å². The molecule has 2 aromatic carbocycles. The molecule has 1 amide bonds. The smallest absolute Gasteiger partial charge is 0.387 e. The van der Waals surface area contributed by atoms with E-state index in [9.17, 15) is 18.0 Å². The van der Waals surface area contributed by atoms with Crippen molar-refractivity contribution >= 4 is 33.6 Å². The van der Waals surface area contributed by atoms with Crippen molar-refractivity contribution in [1.29, 1.82) is 0 Å². The van der Waals surface area contributed by atoms with E-state index in [1.54, 1.807) is 24.3 Å². The highest BCUT2D eigenvalue weighted by Gasteiger charge is 2.11. The number of thioether (sulfide) groups is 1. The molecule has 1 N–H and O–H groups in total. The average Bonchev–Trinajstić information content (AvgIpc) is 2.54. The molecule has 3 nitrogen and oxygen atoms in total. The van der Waals surface area contributed by atoms with Crippen LogP contribution in [0.3, 0.4) is 0 Å². The van der Waals surface area contributed by atoms with Crippen molar-refractivity contribution in [3.8, 4) is 5.75 Å². The zero-order chi connectivity index (χ0) is 17.5. The molecule has 0 fully saturated rings. The first-order chi connectivity index (χ1) is 11.4. The highest BCUT2D eigenvalue weighted by atomic mass is 79.9. The summed E-state index contributed by atoms with van der Waals surface area (Å²) < 4.78 is 42.7. The van der Waals surface area contributed by atoms with Crippen LogP contribution in [-0.2, 0) is 11.3 Å². The van der Waals surface area contributed by atoms with Gasteiger partial charge in [0.1, 0.15) is 11.6 Å².